The number of alkyl halides is 5. The number of hydrogen-bond acceptors (Lipinski definition) is 3. The summed E-state index contributed by atoms with van der Waals surface area (Å²) >= 11 is 0. The average molecular weight is 287 g/mol. The maximum atomic E-state index is 13.7. The standard InChI is InChI=1S/C11H18F5N3/c1-7(2)5-18-6-17-19(8(3)4)9(18)10(12,13)11(14,15)16/h6-9H,5H2,1-4H3. The van der Waals surface area contributed by atoms with Crippen LogP contribution in [0.5, 0.6) is 0 Å². The number of halogens is 5. The van der Waals surface area contributed by atoms with Crippen molar-refractivity contribution in [3.05, 3.63) is 0 Å². The van der Waals surface area contributed by atoms with Gasteiger partial charge in [0.2, 0.25) is 0 Å². The van der Waals surface area contributed by atoms with Gasteiger partial charge in [0.05, 0.1) is 0 Å². The lowest BCUT2D eigenvalue weighted by molar-refractivity contribution is -0.315. The molecule has 0 fully saturated rings. The fourth-order valence-corrected chi connectivity index (χ4v) is 1.91. The lowest BCUT2D eigenvalue weighted by Crippen LogP contribution is -2.60. The van der Waals surface area contributed by atoms with Crippen LogP contribution in [0.2, 0.25) is 0 Å². The topological polar surface area (TPSA) is 18.8 Å². The molecule has 1 atom stereocenters. The predicted molar refractivity (Wildman–Crippen MR) is 61.8 cm³/mol. The maximum Gasteiger partial charge on any atom is 0.457 e. The van der Waals surface area contributed by atoms with E-state index in [-0.39, 0.29) is 12.5 Å². The number of hydrogen-bond donors (Lipinski definition) is 0. The van der Waals surface area contributed by atoms with Crippen LogP contribution in [0, 0.1) is 5.92 Å². The first-order valence-corrected chi connectivity index (χ1v) is 6.01. The summed E-state index contributed by atoms with van der Waals surface area (Å²) in [6, 6.07) is -0.549. The Labute approximate surface area is 109 Å². The van der Waals surface area contributed by atoms with E-state index in [1.807, 2.05) is 0 Å². The molecule has 1 rings (SSSR count). The fourth-order valence-electron chi connectivity index (χ4n) is 1.91. The van der Waals surface area contributed by atoms with E-state index in [9.17, 15) is 22.0 Å². The molecule has 0 spiro atoms. The molecule has 0 bridgehead atoms. The molecule has 19 heavy (non-hydrogen) atoms. The summed E-state index contributed by atoms with van der Waals surface area (Å²) in [5, 5.41) is 4.49. The highest BCUT2D eigenvalue weighted by Gasteiger charge is 2.67. The van der Waals surface area contributed by atoms with Crippen LogP contribution in [0.3, 0.4) is 0 Å². The Morgan fingerprint density at radius 1 is 1.11 bits per heavy atom. The first kappa shape index (κ1) is 16.0. The first-order chi connectivity index (χ1) is 8.48. The zero-order chi connectivity index (χ0) is 15.0. The van der Waals surface area contributed by atoms with E-state index in [1.165, 1.54) is 13.8 Å². The molecule has 1 aliphatic heterocycles. The van der Waals surface area contributed by atoms with E-state index in [2.05, 4.69) is 5.10 Å². The quantitative estimate of drug-likeness (QED) is 0.740. The van der Waals surface area contributed by atoms with Gasteiger partial charge in [0.15, 0.2) is 6.17 Å². The van der Waals surface area contributed by atoms with Crippen molar-refractivity contribution in [2.24, 2.45) is 11.0 Å². The molecule has 8 heteroatoms. The molecule has 112 valence electrons. The summed E-state index contributed by atoms with van der Waals surface area (Å²) in [7, 11) is 0. The van der Waals surface area contributed by atoms with E-state index in [4.69, 9.17) is 0 Å². The van der Waals surface area contributed by atoms with Crippen LogP contribution in [-0.2, 0) is 0 Å². The van der Waals surface area contributed by atoms with Crippen LogP contribution in [-0.4, -0.2) is 47.1 Å². The summed E-state index contributed by atoms with van der Waals surface area (Å²) < 4.78 is 65.0. The highest BCUT2D eigenvalue weighted by atomic mass is 19.4. The minimum atomic E-state index is -5.60. The van der Waals surface area contributed by atoms with Crippen LogP contribution in [0.15, 0.2) is 5.10 Å². The van der Waals surface area contributed by atoms with Crippen LogP contribution in [0.25, 0.3) is 0 Å². The highest BCUT2D eigenvalue weighted by molar-refractivity contribution is 5.57. The third-order valence-electron chi connectivity index (χ3n) is 2.71. The van der Waals surface area contributed by atoms with Gasteiger partial charge in [-0.15, -0.1) is 0 Å². The Hall–Kier alpha value is -1.08. The molecule has 3 nitrogen and oxygen atoms in total. The lowest BCUT2D eigenvalue weighted by Gasteiger charge is -2.38. The van der Waals surface area contributed by atoms with Gasteiger partial charge in [0.25, 0.3) is 0 Å². The molecule has 0 aromatic rings. The molecular weight excluding hydrogens is 269 g/mol. The fraction of sp³-hybridized carbons (Fsp3) is 0.909. The second kappa shape index (κ2) is 5.13. The Morgan fingerprint density at radius 3 is 2.00 bits per heavy atom. The zero-order valence-corrected chi connectivity index (χ0v) is 11.2. The van der Waals surface area contributed by atoms with Gasteiger partial charge in [-0.2, -0.15) is 27.1 Å². The Balaban J connectivity index is 3.08. The second-order valence-electron chi connectivity index (χ2n) is 5.29. The molecule has 0 aliphatic carbocycles. The van der Waals surface area contributed by atoms with Crippen molar-refractivity contribution in [3.8, 4) is 0 Å². The summed E-state index contributed by atoms with van der Waals surface area (Å²) in [6.45, 7) is 6.62. The number of hydrazone groups is 1. The summed E-state index contributed by atoms with van der Waals surface area (Å²) in [5.74, 6) is -4.90. The van der Waals surface area contributed by atoms with Gasteiger partial charge in [-0.3, -0.25) is 5.01 Å². The molecular formula is C11H18F5N3. The Bertz CT molecular complexity index is 338. The summed E-state index contributed by atoms with van der Waals surface area (Å²) in [6.07, 6.45) is -6.66. The van der Waals surface area contributed by atoms with E-state index in [1.54, 1.807) is 13.8 Å². The predicted octanol–water partition coefficient (Wildman–Crippen LogP) is 3.14. The molecule has 1 aliphatic rings. The van der Waals surface area contributed by atoms with Gasteiger partial charge in [-0.05, 0) is 19.8 Å². The molecule has 1 heterocycles. The highest BCUT2D eigenvalue weighted by Crippen LogP contribution is 2.43. The van der Waals surface area contributed by atoms with Crippen LogP contribution < -0.4 is 0 Å². The van der Waals surface area contributed by atoms with Crippen molar-refractivity contribution in [1.82, 2.24) is 9.91 Å². The second-order valence-corrected chi connectivity index (χ2v) is 5.29. The monoisotopic (exact) mass is 287 g/mol. The van der Waals surface area contributed by atoms with Gasteiger partial charge in [0, 0.05) is 12.6 Å². The Morgan fingerprint density at radius 2 is 1.63 bits per heavy atom. The van der Waals surface area contributed by atoms with E-state index >= 15 is 0 Å². The Kier molecular flexibility index (Phi) is 4.31. The normalized spacial score (nSPS) is 21.1. The molecule has 0 saturated carbocycles. The number of nitrogens with zero attached hydrogens (tertiary/aromatic N) is 3. The molecule has 0 aromatic carbocycles. The van der Waals surface area contributed by atoms with Crippen molar-refractivity contribution in [2.75, 3.05) is 6.54 Å². The smallest absolute Gasteiger partial charge is 0.334 e. The molecule has 0 radical (unpaired) electrons. The third-order valence-corrected chi connectivity index (χ3v) is 2.71. The minimum absolute atomic E-state index is 0.0508. The van der Waals surface area contributed by atoms with Crippen LogP contribution >= 0.6 is 0 Å². The van der Waals surface area contributed by atoms with Crippen molar-refractivity contribution in [2.45, 2.75) is 52.0 Å². The van der Waals surface area contributed by atoms with Gasteiger partial charge in [0.1, 0.15) is 6.34 Å². The van der Waals surface area contributed by atoms with Crippen molar-refractivity contribution in [1.29, 1.82) is 0 Å². The van der Waals surface area contributed by atoms with E-state index < -0.39 is 24.3 Å². The first-order valence-electron chi connectivity index (χ1n) is 6.01. The van der Waals surface area contributed by atoms with Gasteiger partial charge in [-0.25, -0.2) is 0 Å². The SMILES string of the molecule is CC(C)CN1C=NN(C(C)C)C1C(F)(F)C(F)(F)F. The van der Waals surface area contributed by atoms with Gasteiger partial charge < -0.3 is 4.90 Å². The molecule has 0 N–H and O–H groups in total. The lowest BCUT2D eigenvalue weighted by atomic mass is 10.1. The van der Waals surface area contributed by atoms with Crippen LogP contribution in [0.1, 0.15) is 27.7 Å². The zero-order valence-electron chi connectivity index (χ0n) is 11.2. The summed E-state index contributed by atoms with van der Waals surface area (Å²) in [4.78, 5) is 0.957. The summed E-state index contributed by atoms with van der Waals surface area (Å²) in [5.41, 5.74) is 0. The van der Waals surface area contributed by atoms with Crippen molar-refractivity contribution < 1.29 is 22.0 Å². The van der Waals surface area contributed by atoms with Crippen LogP contribution in [0.4, 0.5) is 22.0 Å². The van der Waals surface area contributed by atoms with E-state index in [0.717, 1.165) is 16.2 Å². The molecule has 0 amide bonds. The molecule has 0 saturated heterocycles. The minimum Gasteiger partial charge on any atom is -0.334 e. The van der Waals surface area contributed by atoms with Crippen molar-refractivity contribution >= 4 is 6.34 Å². The maximum absolute atomic E-state index is 13.7. The van der Waals surface area contributed by atoms with Gasteiger partial charge >= 0.3 is 12.1 Å². The third kappa shape index (κ3) is 3.09. The number of rotatable bonds is 4. The van der Waals surface area contributed by atoms with Crippen molar-refractivity contribution in [3.63, 3.8) is 0 Å². The van der Waals surface area contributed by atoms with E-state index in [0.29, 0.717) is 0 Å². The molecule has 1 unspecified atom stereocenters. The largest absolute Gasteiger partial charge is 0.457 e. The average Bonchev–Trinajstić information content (AvgIpc) is 2.58. The molecule has 0 aromatic heterocycles. The van der Waals surface area contributed by atoms with Gasteiger partial charge in [-0.1, -0.05) is 13.8 Å².